The van der Waals surface area contributed by atoms with E-state index < -0.39 is 0 Å². The number of aryl methyl sites for hydroxylation is 1. The van der Waals surface area contributed by atoms with Crippen molar-refractivity contribution in [3.8, 4) is 11.4 Å². The van der Waals surface area contributed by atoms with E-state index in [1.54, 1.807) is 13.3 Å². The smallest absolute Gasteiger partial charge is 0.271 e. The van der Waals surface area contributed by atoms with Crippen LogP contribution in [0.15, 0.2) is 88.4 Å². The molecule has 1 N–H and O–H groups in total. The first-order valence-electron chi connectivity index (χ1n) is 13.4. The Morgan fingerprint density at radius 1 is 0.950 bits per heavy atom. The quantitative estimate of drug-likeness (QED) is 0.201. The number of para-hydroxylation sites is 3. The van der Waals surface area contributed by atoms with Crippen LogP contribution in [0.2, 0.25) is 0 Å². The van der Waals surface area contributed by atoms with Crippen LogP contribution in [-0.2, 0) is 6.54 Å². The van der Waals surface area contributed by atoms with Crippen molar-refractivity contribution in [2.24, 2.45) is 5.10 Å². The average molecular weight is 601 g/mol. The Balaban J connectivity index is 1.14. The van der Waals surface area contributed by atoms with Gasteiger partial charge in [0.05, 0.1) is 24.7 Å². The Hall–Kier alpha value is -3.88. The number of ether oxygens (including phenoxy) is 1. The van der Waals surface area contributed by atoms with E-state index in [0.29, 0.717) is 5.56 Å². The maximum absolute atomic E-state index is 12.7. The topological polar surface area (TPSA) is 62.1 Å². The lowest BCUT2D eigenvalue weighted by atomic mass is 10.1. The Morgan fingerprint density at radius 2 is 1.62 bits per heavy atom. The van der Waals surface area contributed by atoms with Crippen LogP contribution in [0.3, 0.4) is 0 Å². The molecule has 7 nitrogen and oxygen atoms in total. The van der Waals surface area contributed by atoms with Crippen molar-refractivity contribution in [2.75, 3.05) is 38.2 Å². The monoisotopic (exact) mass is 599 g/mol. The first-order valence-corrected chi connectivity index (χ1v) is 14.2. The van der Waals surface area contributed by atoms with Gasteiger partial charge < -0.3 is 14.2 Å². The standard InChI is InChI=1S/C32H34BrN5O2/c1-23-20-27(24(2)38(23)29-9-5-4-8-28(29)33)21-34-35-32(39)26-14-12-25(13-15-26)22-36-16-18-37(19-17-36)30-10-6-7-11-31(30)40-3/h4-15,20-21H,16-19,22H2,1-3H3,(H,35,39)/b34-21-. The van der Waals surface area contributed by atoms with Crippen LogP contribution in [-0.4, -0.2) is 54.9 Å². The van der Waals surface area contributed by atoms with Gasteiger partial charge in [0, 0.05) is 59.7 Å². The van der Waals surface area contributed by atoms with E-state index >= 15 is 0 Å². The first kappa shape index (κ1) is 27.7. The lowest BCUT2D eigenvalue weighted by Gasteiger charge is -2.36. The highest BCUT2D eigenvalue weighted by Crippen LogP contribution is 2.29. The fourth-order valence-corrected chi connectivity index (χ4v) is 5.67. The van der Waals surface area contributed by atoms with Gasteiger partial charge in [-0.15, -0.1) is 0 Å². The van der Waals surface area contributed by atoms with Crippen LogP contribution < -0.4 is 15.1 Å². The number of nitrogens with zero attached hydrogens (tertiary/aromatic N) is 4. The number of hydrogen-bond donors (Lipinski definition) is 1. The van der Waals surface area contributed by atoms with E-state index in [-0.39, 0.29) is 5.91 Å². The molecule has 0 radical (unpaired) electrons. The number of amides is 1. The molecule has 206 valence electrons. The fourth-order valence-electron chi connectivity index (χ4n) is 5.20. The summed E-state index contributed by atoms with van der Waals surface area (Å²) in [5, 5.41) is 4.24. The van der Waals surface area contributed by atoms with Crippen LogP contribution in [0.5, 0.6) is 5.75 Å². The summed E-state index contributed by atoms with van der Waals surface area (Å²) in [4.78, 5) is 17.5. The second kappa shape index (κ2) is 12.5. The zero-order chi connectivity index (χ0) is 28.1. The highest BCUT2D eigenvalue weighted by Gasteiger charge is 2.20. The van der Waals surface area contributed by atoms with Crippen molar-refractivity contribution in [2.45, 2.75) is 20.4 Å². The van der Waals surface area contributed by atoms with E-state index in [2.05, 4.69) is 72.0 Å². The molecule has 1 amide bonds. The number of anilines is 1. The molecule has 40 heavy (non-hydrogen) atoms. The Kier molecular flexibility index (Phi) is 8.67. The number of aromatic nitrogens is 1. The number of rotatable bonds is 8. The van der Waals surface area contributed by atoms with Crippen molar-refractivity contribution in [1.29, 1.82) is 0 Å². The molecule has 1 saturated heterocycles. The SMILES string of the molecule is COc1ccccc1N1CCN(Cc2ccc(C(=O)N/N=C\c3cc(C)n(-c4ccccc4Br)c3C)cc2)CC1. The van der Waals surface area contributed by atoms with E-state index in [4.69, 9.17) is 4.74 Å². The summed E-state index contributed by atoms with van der Waals surface area (Å²) in [7, 11) is 1.72. The predicted octanol–water partition coefficient (Wildman–Crippen LogP) is 5.95. The maximum atomic E-state index is 12.7. The van der Waals surface area contributed by atoms with Gasteiger partial charge in [0.25, 0.3) is 5.91 Å². The number of nitrogens with one attached hydrogen (secondary N) is 1. The number of hydrazone groups is 1. The number of piperazine rings is 1. The molecule has 0 saturated carbocycles. The summed E-state index contributed by atoms with van der Waals surface area (Å²) in [5.74, 6) is 0.686. The van der Waals surface area contributed by atoms with E-state index in [9.17, 15) is 4.79 Å². The van der Waals surface area contributed by atoms with Crippen LogP contribution in [0.1, 0.15) is 32.9 Å². The van der Waals surface area contributed by atoms with Crippen molar-refractivity contribution in [3.63, 3.8) is 0 Å². The Labute approximate surface area is 244 Å². The van der Waals surface area contributed by atoms with Gasteiger partial charge >= 0.3 is 0 Å². The molecule has 2 heterocycles. The van der Waals surface area contributed by atoms with Gasteiger partial charge in [-0.3, -0.25) is 9.69 Å². The van der Waals surface area contributed by atoms with E-state index in [1.807, 2.05) is 61.5 Å². The third-order valence-electron chi connectivity index (χ3n) is 7.35. The van der Waals surface area contributed by atoms with Crippen LogP contribution in [0.25, 0.3) is 5.69 Å². The zero-order valence-electron chi connectivity index (χ0n) is 23.1. The molecule has 0 aliphatic carbocycles. The number of hydrogen-bond acceptors (Lipinski definition) is 5. The molecule has 0 unspecified atom stereocenters. The van der Waals surface area contributed by atoms with Gasteiger partial charge in [0.2, 0.25) is 0 Å². The summed E-state index contributed by atoms with van der Waals surface area (Å²) < 4.78 is 8.72. The number of methoxy groups -OCH3 is 1. The number of benzene rings is 3. The molecule has 0 bridgehead atoms. The minimum Gasteiger partial charge on any atom is -0.495 e. The highest BCUT2D eigenvalue weighted by molar-refractivity contribution is 9.10. The molecule has 0 spiro atoms. The third kappa shape index (κ3) is 6.13. The van der Waals surface area contributed by atoms with Crippen LogP contribution in [0.4, 0.5) is 5.69 Å². The molecule has 1 aliphatic heterocycles. The number of halogens is 1. The van der Waals surface area contributed by atoms with Gasteiger partial charge in [-0.25, -0.2) is 5.43 Å². The number of carbonyl (C=O) groups excluding carboxylic acids is 1. The van der Waals surface area contributed by atoms with Gasteiger partial charge in [-0.1, -0.05) is 36.4 Å². The zero-order valence-corrected chi connectivity index (χ0v) is 24.7. The van der Waals surface area contributed by atoms with Crippen molar-refractivity contribution in [3.05, 3.63) is 111 Å². The van der Waals surface area contributed by atoms with Crippen molar-refractivity contribution in [1.82, 2.24) is 14.9 Å². The molecule has 1 aliphatic rings. The lowest BCUT2D eigenvalue weighted by molar-refractivity contribution is 0.0955. The summed E-state index contributed by atoms with van der Waals surface area (Å²) >= 11 is 3.64. The Morgan fingerprint density at radius 3 is 2.33 bits per heavy atom. The summed E-state index contributed by atoms with van der Waals surface area (Å²) in [6, 6.07) is 26.1. The predicted molar refractivity (Wildman–Crippen MR) is 165 cm³/mol. The molecule has 1 fully saturated rings. The fraction of sp³-hybridized carbons (Fsp3) is 0.250. The molecule has 3 aromatic carbocycles. The molecule has 8 heteroatoms. The van der Waals surface area contributed by atoms with Gasteiger partial charge in [-0.05, 0) is 77.8 Å². The highest BCUT2D eigenvalue weighted by atomic mass is 79.9. The van der Waals surface area contributed by atoms with Gasteiger partial charge in [0.15, 0.2) is 0 Å². The minimum atomic E-state index is -0.229. The van der Waals surface area contributed by atoms with E-state index in [0.717, 1.165) is 71.3 Å². The van der Waals surface area contributed by atoms with Crippen LogP contribution >= 0.6 is 15.9 Å². The summed E-state index contributed by atoms with van der Waals surface area (Å²) in [6.07, 6.45) is 1.70. The van der Waals surface area contributed by atoms with E-state index in [1.165, 1.54) is 5.56 Å². The van der Waals surface area contributed by atoms with Crippen LogP contribution in [0, 0.1) is 13.8 Å². The Bertz CT molecular complexity index is 1500. The largest absolute Gasteiger partial charge is 0.495 e. The lowest BCUT2D eigenvalue weighted by Crippen LogP contribution is -2.46. The molecule has 1 aromatic heterocycles. The number of carbonyl (C=O) groups is 1. The molecule has 4 aromatic rings. The molecule has 0 atom stereocenters. The first-order chi connectivity index (χ1) is 19.4. The summed E-state index contributed by atoms with van der Waals surface area (Å²) in [6.45, 7) is 8.80. The average Bonchev–Trinajstić information content (AvgIpc) is 3.26. The molecular weight excluding hydrogens is 566 g/mol. The van der Waals surface area contributed by atoms with Crippen molar-refractivity contribution >= 4 is 33.7 Å². The maximum Gasteiger partial charge on any atom is 0.271 e. The van der Waals surface area contributed by atoms with Gasteiger partial charge in [-0.2, -0.15) is 5.10 Å². The molecule has 5 rings (SSSR count). The summed E-state index contributed by atoms with van der Waals surface area (Å²) in [5.41, 5.74) is 9.75. The minimum absolute atomic E-state index is 0.229. The van der Waals surface area contributed by atoms with Crippen molar-refractivity contribution < 1.29 is 9.53 Å². The van der Waals surface area contributed by atoms with Gasteiger partial charge in [0.1, 0.15) is 5.75 Å². The second-order valence-electron chi connectivity index (χ2n) is 9.94. The normalized spacial score (nSPS) is 14.1. The molecular formula is C32H34BrN5O2. The third-order valence-corrected chi connectivity index (χ3v) is 8.02. The second-order valence-corrected chi connectivity index (χ2v) is 10.8.